The number of nitrogens with one attached hydrogen (secondary N) is 1. The predicted molar refractivity (Wildman–Crippen MR) is 163 cm³/mol. The van der Waals surface area contributed by atoms with Gasteiger partial charge in [-0.2, -0.15) is 0 Å². The topological polar surface area (TPSA) is 87.4 Å². The molecule has 6 rings (SSSR count). The maximum atomic E-state index is 14.3. The summed E-state index contributed by atoms with van der Waals surface area (Å²) < 4.78 is 43.1. The molecule has 210 valence electrons. The molecular weight excluding hydrogens is 556 g/mol. The Hall–Kier alpha value is -4.12. The molecule has 0 spiro atoms. The van der Waals surface area contributed by atoms with Gasteiger partial charge in [0.05, 0.1) is 30.3 Å². The van der Waals surface area contributed by atoms with Gasteiger partial charge in [0, 0.05) is 59.8 Å². The van der Waals surface area contributed by atoms with Gasteiger partial charge in [-0.05, 0) is 54.3 Å². The highest BCUT2D eigenvalue weighted by atomic mass is 32.2. The minimum atomic E-state index is -4.01. The van der Waals surface area contributed by atoms with E-state index in [4.69, 9.17) is 9.47 Å². The lowest BCUT2D eigenvalue weighted by Gasteiger charge is -2.12. The quantitative estimate of drug-likeness (QED) is 0.220. The van der Waals surface area contributed by atoms with E-state index in [1.807, 2.05) is 55.1 Å². The number of pyridine rings is 1. The van der Waals surface area contributed by atoms with Gasteiger partial charge in [-0.25, -0.2) is 17.4 Å². The minimum Gasteiger partial charge on any atom is -0.493 e. The van der Waals surface area contributed by atoms with Gasteiger partial charge in [-0.3, -0.25) is 0 Å². The van der Waals surface area contributed by atoms with E-state index in [2.05, 4.69) is 21.7 Å². The number of benzene rings is 2. The van der Waals surface area contributed by atoms with Crippen LogP contribution in [0.2, 0.25) is 0 Å². The van der Waals surface area contributed by atoms with Crippen LogP contribution in [0.3, 0.4) is 0 Å². The second kappa shape index (κ2) is 10.7. The first-order valence-electron chi connectivity index (χ1n) is 13.1. The molecular formula is C31H30N4O4S2. The van der Waals surface area contributed by atoms with Crippen molar-refractivity contribution in [1.82, 2.24) is 18.8 Å². The van der Waals surface area contributed by atoms with Crippen molar-refractivity contribution in [2.24, 2.45) is 7.05 Å². The van der Waals surface area contributed by atoms with Crippen LogP contribution in [0.25, 0.3) is 33.2 Å². The van der Waals surface area contributed by atoms with Crippen LogP contribution < -0.4 is 14.8 Å². The summed E-state index contributed by atoms with van der Waals surface area (Å²) in [5, 5.41) is 7.16. The summed E-state index contributed by atoms with van der Waals surface area (Å²) in [5.41, 5.74) is 4.48. The molecule has 0 radical (unpaired) electrons. The third kappa shape index (κ3) is 4.77. The van der Waals surface area contributed by atoms with Gasteiger partial charge in [-0.15, -0.1) is 11.3 Å². The molecule has 1 N–H and O–H groups in total. The van der Waals surface area contributed by atoms with Crippen molar-refractivity contribution in [3.8, 4) is 22.8 Å². The van der Waals surface area contributed by atoms with Crippen LogP contribution in [0.15, 0.2) is 83.3 Å². The molecule has 0 atom stereocenters. The van der Waals surface area contributed by atoms with Crippen LogP contribution in [-0.2, 0) is 30.2 Å². The van der Waals surface area contributed by atoms with Gasteiger partial charge in [0.15, 0.2) is 17.1 Å². The molecule has 4 heterocycles. The number of fused-ring (bicyclic) bond motifs is 2. The van der Waals surface area contributed by atoms with Crippen LogP contribution in [0.4, 0.5) is 0 Å². The summed E-state index contributed by atoms with van der Waals surface area (Å²) in [4.78, 5) is 6.04. The molecule has 6 aromatic rings. The normalized spacial score (nSPS) is 11.9. The van der Waals surface area contributed by atoms with E-state index in [0.717, 1.165) is 39.5 Å². The van der Waals surface area contributed by atoms with E-state index >= 15 is 0 Å². The summed E-state index contributed by atoms with van der Waals surface area (Å²) in [5.74, 6) is 1.16. The molecule has 4 aromatic heterocycles. The molecule has 0 saturated heterocycles. The molecule has 0 aliphatic carbocycles. The zero-order valence-corrected chi connectivity index (χ0v) is 24.8. The van der Waals surface area contributed by atoms with Crippen molar-refractivity contribution in [3.63, 3.8) is 0 Å². The summed E-state index contributed by atoms with van der Waals surface area (Å²) in [7, 11) is 1.10. The zero-order chi connectivity index (χ0) is 28.7. The first-order valence-corrected chi connectivity index (χ1v) is 15.4. The van der Waals surface area contributed by atoms with Crippen LogP contribution in [0.5, 0.6) is 11.5 Å². The fraction of sp³-hybridized carbons (Fsp3) is 0.194. The van der Waals surface area contributed by atoms with Crippen LogP contribution in [-0.4, -0.2) is 36.2 Å². The molecule has 41 heavy (non-hydrogen) atoms. The van der Waals surface area contributed by atoms with E-state index in [1.165, 1.54) is 8.85 Å². The standard InChI is InChI=1S/C31H30N4O4S2/c1-20-7-9-23(10-8-20)41(36,37)35-28(26-19-34(2)27-16-30(39-4)29(38-3)15-25(26)27)14-24-21(11-12-33-31(24)35)17-32-18-22-6-5-13-40-22/h5-16,19,32H,17-18H2,1-4H3. The third-order valence-corrected chi connectivity index (χ3v) is 9.87. The summed E-state index contributed by atoms with van der Waals surface area (Å²) in [6.07, 6.45) is 3.61. The van der Waals surface area contributed by atoms with Gasteiger partial charge >= 0.3 is 0 Å². The van der Waals surface area contributed by atoms with Gasteiger partial charge in [0.25, 0.3) is 10.0 Å². The monoisotopic (exact) mass is 586 g/mol. The van der Waals surface area contributed by atoms with Crippen LogP contribution in [0, 0.1) is 6.92 Å². The smallest absolute Gasteiger partial charge is 0.269 e. The van der Waals surface area contributed by atoms with Crippen molar-refractivity contribution in [2.45, 2.75) is 24.9 Å². The van der Waals surface area contributed by atoms with Crippen LogP contribution >= 0.6 is 11.3 Å². The molecule has 2 aromatic carbocycles. The fourth-order valence-electron chi connectivity index (χ4n) is 5.18. The molecule has 0 aliphatic rings. The largest absolute Gasteiger partial charge is 0.493 e. The van der Waals surface area contributed by atoms with Crippen LogP contribution in [0.1, 0.15) is 16.0 Å². The number of nitrogens with zero attached hydrogens (tertiary/aromatic N) is 3. The Morgan fingerprint density at radius 3 is 2.41 bits per heavy atom. The van der Waals surface area contributed by atoms with E-state index in [1.54, 1.807) is 56.0 Å². The summed E-state index contributed by atoms with van der Waals surface area (Å²) in [6, 6.07) is 18.7. The molecule has 0 bridgehead atoms. The maximum Gasteiger partial charge on any atom is 0.269 e. The van der Waals surface area contributed by atoms with E-state index in [0.29, 0.717) is 29.4 Å². The Bertz CT molecular complexity index is 1970. The lowest BCUT2D eigenvalue weighted by molar-refractivity contribution is 0.355. The summed E-state index contributed by atoms with van der Waals surface area (Å²) in [6.45, 7) is 3.22. The summed E-state index contributed by atoms with van der Waals surface area (Å²) >= 11 is 1.70. The van der Waals surface area contributed by atoms with Crippen molar-refractivity contribution < 1.29 is 17.9 Å². The van der Waals surface area contributed by atoms with Gasteiger partial charge in [0.1, 0.15) is 0 Å². The number of thiophene rings is 1. The zero-order valence-electron chi connectivity index (χ0n) is 23.2. The van der Waals surface area contributed by atoms with E-state index in [-0.39, 0.29) is 4.90 Å². The number of rotatable bonds is 9. The minimum absolute atomic E-state index is 0.198. The number of hydrogen-bond acceptors (Lipinski definition) is 7. The Morgan fingerprint density at radius 2 is 1.71 bits per heavy atom. The first kappa shape index (κ1) is 27.1. The molecule has 8 nitrogen and oxygen atoms in total. The number of aromatic nitrogens is 3. The maximum absolute atomic E-state index is 14.3. The first-order chi connectivity index (χ1) is 19.8. The molecule has 0 fully saturated rings. The Labute approximate surface area is 242 Å². The lowest BCUT2D eigenvalue weighted by Crippen LogP contribution is -2.15. The van der Waals surface area contributed by atoms with Crippen molar-refractivity contribution >= 4 is 43.3 Å². The molecule has 10 heteroatoms. The SMILES string of the molecule is COc1cc2c(-c3cc4c(CNCc5cccs5)ccnc4n3S(=O)(=O)c3ccc(C)cc3)cn(C)c2cc1OC. The highest BCUT2D eigenvalue weighted by Crippen LogP contribution is 2.41. The van der Waals surface area contributed by atoms with Gasteiger partial charge in [-0.1, -0.05) is 23.8 Å². The third-order valence-electron chi connectivity index (χ3n) is 7.28. The number of hydrogen-bond donors (Lipinski definition) is 1. The Morgan fingerprint density at radius 1 is 0.951 bits per heavy atom. The second-order valence-electron chi connectivity index (χ2n) is 9.88. The number of aryl methyl sites for hydroxylation is 2. The average molecular weight is 587 g/mol. The second-order valence-corrected chi connectivity index (χ2v) is 12.7. The van der Waals surface area contributed by atoms with Crippen molar-refractivity contribution in [1.29, 1.82) is 0 Å². The van der Waals surface area contributed by atoms with E-state index in [9.17, 15) is 8.42 Å². The molecule has 0 unspecified atom stereocenters. The fourth-order valence-corrected chi connectivity index (χ4v) is 7.32. The Balaban J connectivity index is 1.58. The molecule has 0 amide bonds. The highest BCUT2D eigenvalue weighted by molar-refractivity contribution is 7.90. The lowest BCUT2D eigenvalue weighted by atomic mass is 10.1. The van der Waals surface area contributed by atoms with Gasteiger partial charge in [0.2, 0.25) is 0 Å². The highest BCUT2D eigenvalue weighted by Gasteiger charge is 2.28. The van der Waals surface area contributed by atoms with E-state index < -0.39 is 10.0 Å². The van der Waals surface area contributed by atoms with Crippen molar-refractivity contribution in [2.75, 3.05) is 14.2 Å². The number of methoxy groups -OCH3 is 2. The number of ether oxygens (including phenoxy) is 2. The van der Waals surface area contributed by atoms with Crippen molar-refractivity contribution in [3.05, 3.63) is 94.4 Å². The molecule has 0 saturated carbocycles. The molecule has 0 aliphatic heterocycles. The Kier molecular flexibility index (Phi) is 7.06. The average Bonchev–Trinajstić information content (AvgIpc) is 3.70. The predicted octanol–water partition coefficient (Wildman–Crippen LogP) is 6.11. The van der Waals surface area contributed by atoms with Gasteiger partial charge < -0.3 is 19.4 Å².